The molecule has 0 radical (unpaired) electrons. The van der Waals surface area contributed by atoms with E-state index in [1.165, 1.54) is 0 Å². The molecule has 1 aliphatic heterocycles. The van der Waals surface area contributed by atoms with E-state index in [1.54, 1.807) is 11.3 Å². The molecule has 1 unspecified atom stereocenters. The Kier molecular flexibility index (Phi) is 5.99. The minimum atomic E-state index is -0.0590. The van der Waals surface area contributed by atoms with Gasteiger partial charge in [-0.1, -0.05) is 11.6 Å². The molecule has 0 aliphatic carbocycles. The Morgan fingerprint density at radius 1 is 1.32 bits per heavy atom. The highest BCUT2D eigenvalue weighted by Crippen LogP contribution is 2.19. The maximum Gasteiger partial charge on any atom is 0.191 e. The van der Waals surface area contributed by atoms with E-state index in [0.29, 0.717) is 17.5 Å². The van der Waals surface area contributed by atoms with Crippen LogP contribution < -0.4 is 15.4 Å². The minimum Gasteiger partial charge on any atom is -0.489 e. The van der Waals surface area contributed by atoms with Gasteiger partial charge in [0.25, 0.3) is 0 Å². The van der Waals surface area contributed by atoms with Crippen molar-refractivity contribution in [3.8, 4) is 5.75 Å². The van der Waals surface area contributed by atoms with E-state index in [4.69, 9.17) is 22.1 Å². The molecular weight excluding hydrogens is 358 g/mol. The molecule has 0 spiro atoms. The second-order valence-corrected chi connectivity index (χ2v) is 7.18. The second-order valence-electron chi connectivity index (χ2n) is 5.87. The van der Waals surface area contributed by atoms with Gasteiger partial charge in [-0.2, -0.15) is 0 Å². The third-order valence-corrected chi connectivity index (χ3v) is 5.04. The summed E-state index contributed by atoms with van der Waals surface area (Å²) < 4.78 is 5.82. The van der Waals surface area contributed by atoms with Crippen LogP contribution in [0, 0.1) is 0 Å². The van der Waals surface area contributed by atoms with E-state index in [9.17, 15) is 0 Å². The maximum atomic E-state index is 6.15. The molecular formula is C17H22ClN5OS. The number of rotatable bonds is 5. The van der Waals surface area contributed by atoms with Crippen molar-refractivity contribution in [2.75, 3.05) is 37.6 Å². The van der Waals surface area contributed by atoms with Gasteiger partial charge in [-0.15, -0.1) is 11.3 Å². The molecule has 1 aromatic heterocycles. The molecule has 1 fully saturated rings. The van der Waals surface area contributed by atoms with Gasteiger partial charge in [0, 0.05) is 42.8 Å². The highest BCUT2D eigenvalue weighted by atomic mass is 35.5. The summed E-state index contributed by atoms with van der Waals surface area (Å²) in [5.41, 5.74) is 6.15. The Bertz CT molecular complexity index is 684. The molecule has 0 saturated carbocycles. The summed E-state index contributed by atoms with van der Waals surface area (Å²) in [7, 11) is 0. The molecule has 1 saturated heterocycles. The van der Waals surface area contributed by atoms with Crippen LogP contribution in [0.4, 0.5) is 5.13 Å². The van der Waals surface area contributed by atoms with Crippen molar-refractivity contribution in [2.45, 2.75) is 13.0 Å². The Balaban J connectivity index is 1.46. The average molecular weight is 380 g/mol. The van der Waals surface area contributed by atoms with Crippen LogP contribution in [0.2, 0.25) is 5.02 Å². The van der Waals surface area contributed by atoms with Crippen LogP contribution in [-0.4, -0.2) is 54.7 Å². The molecule has 1 aliphatic rings. The quantitative estimate of drug-likeness (QED) is 0.639. The number of thiazole rings is 1. The average Bonchev–Trinajstić information content (AvgIpc) is 3.16. The monoisotopic (exact) mass is 379 g/mol. The van der Waals surface area contributed by atoms with E-state index >= 15 is 0 Å². The molecule has 0 bridgehead atoms. The number of guanidine groups is 1. The number of nitrogens with zero attached hydrogens (tertiary/aromatic N) is 4. The van der Waals surface area contributed by atoms with Crippen molar-refractivity contribution in [2.24, 2.45) is 10.7 Å². The summed E-state index contributed by atoms with van der Waals surface area (Å²) in [5.74, 6) is 1.35. The van der Waals surface area contributed by atoms with E-state index in [0.717, 1.165) is 37.1 Å². The zero-order chi connectivity index (χ0) is 17.6. The molecule has 2 heterocycles. The lowest BCUT2D eigenvalue weighted by atomic mass is 10.3. The molecule has 3 rings (SSSR count). The normalized spacial score (nSPS) is 16.8. The molecule has 6 nitrogen and oxygen atoms in total. The predicted molar refractivity (Wildman–Crippen MR) is 104 cm³/mol. The van der Waals surface area contributed by atoms with Crippen molar-refractivity contribution in [1.82, 2.24) is 9.88 Å². The van der Waals surface area contributed by atoms with Gasteiger partial charge >= 0.3 is 0 Å². The molecule has 2 aromatic rings. The first kappa shape index (κ1) is 17.8. The van der Waals surface area contributed by atoms with E-state index in [1.807, 2.05) is 42.8 Å². The van der Waals surface area contributed by atoms with Crippen molar-refractivity contribution in [3.63, 3.8) is 0 Å². The van der Waals surface area contributed by atoms with E-state index in [2.05, 4.69) is 19.8 Å². The first-order valence-electron chi connectivity index (χ1n) is 8.23. The first-order valence-corrected chi connectivity index (χ1v) is 9.49. The van der Waals surface area contributed by atoms with Gasteiger partial charge in [0.05, 0.1) is 6.54 Å². The first-order chi connectivity index (χ1) is 12.1. The molecule has 1 aromatic carbocycles. The number of ether oxygens (including phenoxy) is 1. The summed E-state index contributed by atoms with van der Waals surface area (Å²) in [6.07, 6.45) is 1.78. The Morgan fingerprint density at radius 2 is 2.04 bits per heavy atom. The number of piperazine rings is 1. The summed E-state index contributed by atoms with van der Waals surface area (Å²) in [4.78, 5) is 13.2. The SMILES string of the molecule is CC(CN=C(N)N1CCN(c2nccs2)CC1)Oc1ccc(Cl)cc1. The molecule has 1 atom stereocenters. The van der Waals surface area contributed by atoms with Gasteiger partial charge in [0.2, 0.25) is 0 Å². The van der Waals surface area contributed by atoms with E-state index in [-0.39, 0.29) is 6.10 Å². The number of benzene rings is 1. The van der Waals surface area contributed by atoms with E-state index < -0.39 is 0 Å². The standard InChI is InChI=1S/C17H22ClN5OS/c1-13(24-15-4-2-14(18)3-5-15)12-21-16(19)22-7-9-23(10-8-22)17-20-6-11-25-17/h2-6,11,13H,7-10,12H2,1H3,(H2,19,21). The van der Waals surface area contributed by atoms with Gasteiger partial charge in [0.15, 0.2) is 11.1 Å². The number of hydrogen-bond donors (Lipinski definition) is 1. The smallest absolute Gasteiger partial charge is 0.191 e. The zero-order valence-corrected chi connectivity index (χ0v) is 15.7. The van der Waals surface area contributed by atoms with Gasteiger partial charge < -0.3 is 20.3 Å². The van der Waals surface area contributed by atoms with Gasteiger partial charge in [0.1, 0.15) is 11.9 Å². The molecule has 2 N–H and O–H groups in total. The fourth-order valence-electron chi connectivity index (χ4n) is 2.60. The fraction of sp³-hybridized carbons (Fsp3) is 0.412. The molecule has 134 valence electrons. The molecule has 0 amide bonds. The van der Waals surface area contributed by atoms with Crippen molar-refractivity contribution < 1.29 is 4.74 Å². The third-order valence-electron chi connectivity index (χ3n) is 3.95. The number of halogens is 1. The zero-order valence-electron chi connectivity index (χ0n) is 14.1. The highest BCUT2D eigenvalue weighted by Gasteiger charge is 2.19. The van der Waals surface area contributed by atoms with Gasteiger partial charge in [-0.25, -0.2) is 9.98 Å². The van der Waals surface area contributed by atoms with Crippen LogP contribution in [0.1, 0.15) is 6.92 Å². The topological polar surface area (TPSA) is 67.0 Å². The van der Waals surface area contributed by atoms with Crippen molar-refractivity contribution >= 4 is 34.0 Å². The fourth-order valence-corrected chi connectivity index (χ4v) is 3.43. The summed E-state index contributed by atoms with van der Waals surface area (Å²) in [6, 6.07) is 7.32. The number of anilines is 1. The van der Waals surface area contributed by atoms with Gasteiger partial charge in [-0.05, 0) is 31.2 Å². The van der Waals surface area contributed by atoms with Crippen LogP contribution in [-0.2, 0) is 0 Å². The molecule has 25 heavy (non-hydrogen) atoms. The van der Waals surface area contributed by atoms with Gasteiger partial charge in [-0.3, -0.25) is 0 Å². The lowest BCUT2D eigenvalue weighted by molar-refractivity contribution is 0.229. The van der Waals surface area contributed by atoms with Crippen LogP contribution >= 0.6 is 22.9 Å². The number of aliphatic imine (C=N–C) groups is 1. The minimum absolute atomic E-state index is 0.0590. The Morgan fingerprint density at radius 3 is 2.68 bits per heavy atom. The Hall–Kier alpha value is -1.99. The van der Waals surface area contributed by atoms with Crippen LogP contribution in [0.15, 0.2) is 40.8 Å². The van der Waals surface area contributed by atoms with Crippen LogP contribution in [0.25, 0.3) is 0 Å². The molecule has 8 heteroatoms. The Labute approximate surface area is 156 Å². The lowest BCUT2D eigenvalue weighted by Gasteiger charge is -2.35. The van der Waals surface area contributed by atoms with Crippen LogP contribution in [0.3, 0.4) is 0 Å². The number of nitrogens with two attached hydrogens (primary N) is 1. The summed E-state index contributed by atoms with van der Waals surface area (Å²) in [6.45, 7) is 6.00. The highest BCUT2D eigenvalue weighted by molar-refractivity contribution is 7.13. The summed E-state index contributed by atoms with van der Waals surface area (Å²) >= 11 is 7.54. The predicted octanol–water partition coefficient (Wildman–Crippen LogP) is 2.70. The summed E-state index contributed by atoms with van der Waals surface area (Å²) in [5, 5.41) is 3.76. The number of hydrogen-bond acceptors (Lipinski definition) is 5. The maximum absolute atomic E-state index is 6.15. The largest absolute Gasteiger partial charge is 0.489 e. The second kappa shape index (κ2) is 8.40. The third kappa shape index (κ3) is 4.99. The van der Waals surface area contributed by atoms with Crippen LogP contribution in [0.5, 0.6) is 5.75 Å². The number of aromatic nitrogens is 1. The van der Waals surface area contributed by atoms with Crippen molar-refractivity contribution in [3.05, 3.63) is 40.9 Å². The lowest BCUT2D eigenvalue weighted by Crippen LogP contribution is -2.51. The van der Waals surface area contributed by atoms with Crippen molar-refractivity contribution in [1.29, 1.82) is 0 Å².